The Bertz CT molecular complexity index is 411. The molecule has 1 unspecified atom stereocenters. The molecule has 17 heavy (non-hydrogen) atoms. The fourth-order valence-corrected chi connectivity index (χ4v) is 2.54. The molecule has 0 nitrogen and oxygen atoms in total. The van der Waals surface area contributed by atoms with Crippen LogP contribution < -0.4 is 0 Å². The van der Waals surface area contributed by atoms with Gasteiger partial charge in [0.05, 0.1) is 0 Å². The van der Waals surface area contributed by atoms with Crippen LogP contribution in [-0.4, -0.2) is 0 Å². The molecule has 0 spiro atoms. The number of allylic oxidation sites excluding steroid dienone is 4. The maximum atomic E-state index is 2.42. The molecule has 0 saturated heterocycles. The van der Waals surface area contributed by atoms with E-state index in [1.54, 1.807) is 0 Å². The van der Waals surface area contributed by atoms with Crippen molar-refractivity contribution in [3.05, 3.63) is 59.7 Å². The fourth-order valence-electron chi connectivity index (χ4n) is 2.54. The van der Waals surface area contributed by atoms with Crippen molar-refractivity contribution >= 4 is 0 Å². The minimum absolute atomic E-state index is 0.290. The van der Waals surface area contributed by atoms with Gasteiger partial charge in [-0.25, -0.2) is 0 Å². The van der Waals surface area contributed by atoms with Crippen molar-refractivity contribution in [3.8, 4) is 0 Å². The zero-order valence-electron chi connectivity index (χ0n) is 10.9. The van der Waals surface area contributed by atoms with E-state index < -0.39 is 0 Å². The average molecular weight is 226 g/mol. The van der Waals surface area contributed by atoms with Gasteiger partial charge in [-0.2, -0.15) is 0 Å². The van der Waals surface area contributed by atoms with Gasteiger partial charge in [0.15, 0.2) is 0 Å². The Labute approximate surface area is 105 Å². The fraction of sp³-hybridized carbons (Fsp3) is 0.412. The van der Waals surface area contributed by atoms with Crippen molar-refractivity contribution in [1.29, 1.82) is 0 Å². The lowest BCUT2D eigenvalue weighted by atomic mass is 9.73. The Morgan fingerprint density at radius 2 is 1.88 bits per heavy atom. The zero-order valence-corrected chi connectivity index (χ0v) is 10.9. The van der Waals surface area contributed by atoms with Crippen molar-refractivity contribution in [2.45, 2.75) is 39.5 Å². The van der Waals surface area contributed by atoms with Gasteiger partial charge in [-0.05, 0) is 42.2 Å². The summed E-state index contributed by atoms with van der Waals surface area (Å²) in [5.74, 6) is 0. The van der Waals surface area contributed by atoms with E-state index in [1.165, 1.54) is 30.4 Å². The summed E-state index contributed by atoms with van der Waals surface area (Å²) in [6.45, 7) is 4.69. The predicted molar refractivity (Wildman–Crippen MR) is 75.0 cm³/mol. The number of benzene rings is 1. The molecule has 0 fully saturated rings. The van der Waals surface area contributed by atoms with Crippen molar-refractivity contribution in [1.82, 2.24) is 0 Å². The van der Waals surface area contributed by atoms with Crippen LogP contribution in [-0.2, 0) is 6.42 Å². The summed E-state index contributed by atoms with van der Waals surface area (Å²) in [5, 5.41) is 0. The highest BCUT2D eigenvalue weighted by molar-refractivity contribution is 5.31. The quantitative estimate of drug-likeness (QED) is 0.683. The molecule has 0 aromatic heterocycles. The summed E-state index contributed by atoms with van der Waals surface area (Å²) < 4.78 is 0. The molecular formula is C17H22. The highest BCUT2D eigenvalue weighted by atomic mass is 14.3. The van der Waals surface area contributed by atoms with Gasteiger partial charge in [0.2, 0.25) is 0 Å². The first kappa shape index (κ1) is 12.2. The molecule has 1 aliphatic rings. The van der Waals surface area contributed by atoms with E-state index in [-0.39, 0.29) is 5.41 Å². The van der Waals surface area contributed by atoms with E-state index in [4.69, 9.17) is 0 Å². The van der Waals surface area contributed by atoms with Crippen molar-refractivity contribution in [3.63, 3.8) is 0 Å². The summed E-state index contributed by atoms with van der Waals surface area (Å²) >= 11 is 0. The normalized spacial score (nSPS) is 18.6. The van der Waals surface area contributed by atoms with Crippen molar-refractivity contribution in [2.75, 3.05) is 0 Å². The standard InChI is InChI=1S/C17H22/c1-3-17(2,16-12-8-5-9-13-16)14-15-10-6-4-7-11-15/h4,6-8,10-13H,3,5,9,14H2,1-2H3. The Balaban J connectivity index is 2.20. The highest BCUT2D eigenvalue weighted by Crippen LogP contribution is 2.37. The molecule has 0 radical (unpaired) electrons. The molecule has 1 aromatic carbocycles. The molecule has 0 aliphatic heterocycles. The van der Waals surface area contributed by atoms with Gasteiger partial charge in [-0.3, -0.25) is 0 Å². The topological polar surface area (TPSA) is 0 Å². The van der Waals surface area contributed by atoms with E-state index in [0.717, 1.165) is 6.42 Å². The lowest BCUT2D eigenvalue weighted by molar-refractivity contribution is 0.386. The van der Waals surface area contributed by atoms with Crippen molar-refractivity contribution < 1.29 is 0 Å². The molecule has 0 heteroatoms. The number of hydrogen-bond acceptors (Lipinski definition) is 0. The molecule has 0 amide bonds. The maximum absolute atomic E-state index is 2.42. The monoisotopic (exact) mass is 226 g/mol. The predicted octanol–water partition coefficient (Wildman–Crippen LogP) is 4.92. The SMILES string of the molecule is CCC(C)(Cc1ccccc1)C1=CCCC=C1. The third kappa shape index (κ3) is 2.88. The average Bonchev–Trinajstić information content (AvgIpc) is 2.41. The van der Waals surface area contributed by atoms with E-state index >= 15 is 0 Å². The van der Waals surface area contributed by atoms with Gasteiger partial charge in [-0.1, -0.05) is 62.4 Å². The van der Waals surface area contributed by atoms with E-state index in [0.29, 0.717) is 0 Å². The van der Waals surface area contributed by atoms with E-state index in [2.05, 4.69) is 62.4 Å². The smallest absolute Gasteiger partial charge is 0.00408 e. The van der Waals surface area contributed by atoms with Gasteiger partial charge >= 0.3 is 0 Å². The Morgan fingerprint density at radius 3 is 2.47 bits per heavy atom. The summed E-state index contributed by atoms with van der Waals surface area (Å²) in [6, 6.07) is 10.8. The van der Waals surface area contributed by atoms with Crippen LogP contribution in [0.4, 0.5) is 0 Å². The molecule has 1 atom stereocenters. The third-order valence-corrected chi connectivity index (χ3v) is 3.91. The Morgan fingerprint density at radius 1 is 1.12 bits per heavy atom. The van der Waals surface area contributed by atoms with Crippen LogP contribution in [0.15, 0.2) is 54.1 Å². The molecule has 0 heterocycles. The second-order valence-corrected chi connectivity index (χ2v) is 5.22. The lowest BCUT2D eigenvalue weighted by Gasteiger charge is -2.31. The van der Waals surface area contributed by atoms with Crippen LogP contribution in [0, 0.1) is 5.41 Å². The van der Waals surface area contributed by atoms with Crippen LogP contribution in [0.5, 0.6) is 0 Å². The van der Waals surface area contributed by atoms with Crippen LogP contribution in [0.1, 0.15) is 38.7 Å². The lowest BCUT2D eigenvalue weighted by Crippen LogP contribution is -2.21. The molecule has 1 aromatic rings. The van der Waals surface area contributed by atoms with Crippen LogP contribution in [0.2, 0.25) is 0 Å². The second-order valence-electron chi connectivity index (χ2n) is 5.22. The van der Waals surface area contributed by atoms with Gasteiger partial charge in [0, 0.05) is 0 Å². The summed E-state index contributed by atoms with van der Waals surface area (Å²) in [5.41, 5.74) is 3.25. The third-order valence-electron chi connectivity index (χ3n) is 3.91. The minimum Gasteiger partial charge on any atom is -0.0839 e. The molecule has 0 saturated carbocycles. The first-order chi connectivity index (χ1) is 8.24. The van der Waals surface area contributed by atoms with Gasteiger partial charge in [-0.15, -0.1) is 0 Å². The van der Waals surface area contributed by atoms with Gasteiger partial charge in [0.25, 0.3) is 0 Å². The van der Waals surface area contributed by atoms with Crippen LogP contribution in [0.25, 0.3) is 0 Å². The van der Waals surface area contributed by atoms with Crippen LogP contribution in [0.3, 0.4) is 0 Å². The van der Waals surface area contributed by atoms with Gasteiger partial charge in [0.1, 0.15) is 0 Å². The summed E-state index contributed by atoms with van der Waals surface area (Å²) in [7, 11) is 0. The van der Waals surface area contributed by atoms with Gasteiger partial charge < -0.3 is 0 Å². The highest BCUT2D eigenvalue weighted by Gasteiger charge is 2.26. The number of hydrogen-bond donors (Lipinski definition) is 0. The first-order valence-corrected chi connectivity index (χ1v) is 6.66. The van der Waals surface area contributed by atoms with Crippen molar-refractivity contribution in [2.24, 2.45) is 5.41 Å². The summed E-state index contributed by atoms with van der Waals surface area (Å²) in [4.78, 5) is 0. The van der Waals surface area contributed by atoms with E-state index in [1.807, 2.05) is 0 Å². The number of rotatable bonds is 4. The largest absolute Gasteiger partial charge is 0.0839 e. The van der Waals surface area contributed by atoms with Crippen LogP contribution >= 0.6 is 0 Å². The summed E-state index contributed by atoms with van der Waals surface area (Å²) in [6.07, 6.45) is 11.8. The minimum atomic E-state index is 0.290. The van der Waals surface area contributed by atoms with E-state index in [9.17, 15) is 0 Å². The molecule has 0 N–H and O–H groups in total. The Hall–Kier alpha value is -1.30. The molecule has 1 aliphatic carbocycles. The molecule has 2 rings (SSSR count). The first-order valence-electron chi connectivity index (χ1n) is 6.66. The Kier molecular flexibility index (Phi) is 3.83. The zero-order chi connectivity index (χ0) is 12.1. The molecule has 0 bridgehead atoms. The maximum Gasteiger partial charge on any atom is -0.00408 e. The molecular weight excluding hydrogens is 204 g/mol. The molecule has 90 valence electrons. The second kappa shape index (κ2) is 5.35.